The molecule has 0 aliphatic heterocycles. The predicted octanol–water partition coefficient (Wildman–Crippen LogP) is -1.14. The zero-order valence-corrected chi connectivity index (χ0v) is 7.99. The second kappa shape index (κ2) is 5.22. The highest BCUT2D eigenvalue weighted by Crippen LogP contribution is 1.99. The minimum absolute atomic E-state index is 0.351. The quantitative estimate of drug-likeness (QED) is 0.586. The van der Waals surface area contributed by atoms with Crippen LogP contribution in [0.15, 0.2) is 0 Å². The summed E-state index contributed by atoms with van der Waals surface area (Å²) < 4.78 is 23.0. The summed E-state index contributed by atoms with van der Waals surface area (Å²) in [7, 11) is -3.88. The Kier molecular flexibility index (Phi) is 4.64. The Morgan fingerprint density at radius 1 is 1.57 bits per heavy atom. The van der Waals surface area contributed by atoms with Gasteiger partial charge in [-0.2, -0.15) is 9.57 Å². The van der Waals surface area contributed by atoms with Crippen LogP contribution >= 0.6 is 0 Å². The number of nitrogens with zero attached hydrogens (tertiary/aromatic N) is 2. The minimum atomic E-state index is -3.88. The van der Waals surface area contributed by atoms with Gasteiger partial charge < -0.3 is 5.11 Å². The maximum atomic E-state index is 11.2. The molecule has 0 spiro atoms. The van der Waals surface area contributed by atoms with Crippen LogP contribution in [-0.4, -0.2) is 42.6 Å². The van der Waals surface area contributed by atoms with Crippen LogP contribution in [0.5, 0.6) is 0 Å². The maximum absolute atomic E-state index is 11.2. The van der Waals surface area contributed by atoms with E-state index in [1.54, 1.807) is 0 Å². The zero-order valence-electron chi connectivity index (χ0n) is 7.17. The molecule has 6 nitrogen and oxygen atoms in total. The van der Waals surface area contributed by atoms with E-state index in [2.05, 4.69) is 0 Å². The van der Waals surface area contributed by atoms with Gasteiger partial charge in [0.25, 0.3) is 0 Å². The van der Waals surface area contributed by atoms with Gasteiger partial charge in [0.15, 0.2) is 5.75 Å². The lowest BCUT2D eigenvalue weighted by atomic mass is 10.6. The molecule has 76 valence electrons. The molecule has 0 amide bonds. The minimum Gasteiger partial charge on any atom is -0.480 e. The molecule has 0 aromatic heterocycles. The number of aliphatic carboxylic acids is 1. The Bertz CT molecular complexity index is 387. The molecular formula is C7H8N2O4S. The van der Waals surface area contributed by atoms with Gasteiger partial charge in [-0.1, -0.05) is 5.92 Å². The van der Waals surface area contributed by atoms with E-state index >= 15 is 0 Å². The third-order valence-corrected chi connectivity index (χ3v) is 2.76. The van der Waals surface area contributed by atoms with Crippen LogP contribution in [0, 0.1) is 23.7 Å². The third kappa shape index (κ3) is 3.90. The molecular weight excluding hydrogens is 208 g/mol. The lowest BCUT2D eigenvalue weighted by Crippen LogP contribution is -2.37. The van der Waals surface area contributed by atoms with Crippen molar-refractivity contribution < 1.29 is 18.3 Å². The summed E-state index contributed by atoms with van der Waals surface area (Å²) in [6, 6.07) is 1.43. The summed E-state index contributed by atoms with van der Waals surface area (Å²) in [4.78, 5) is 10.3. The molecule has 1 N–H and O–H groups in total. The first-order chi connectivity index (χ1) is 6.44. The molecule has 0 heterocycles. The van der Waals surface area contributed by atoms with Crippen molar-refractivity contribution in [2.75, 3.05) is 18.8 Å². The monoisotopic (exact) mass is 216 g/mol. The second-order valence-electron chi connectivity index (χ2n) is 2.28. The third-order valence-electron chi connectivity index (χ3n) is 1.22. The number of terminal acetylenes is 1. The average Bonchev–Trinajstić information content (AvgIpc) is 2.02. The summed E-state index contributed by atoms with van der Waals surface area (Å²) in [6.07, 6.45) is 4.87. The van der Waals surface area contributed by atoms with Crippen molar-refractivity contribution in [2.24, 2.45) is 0 Å². The number of hydrogen-bond acceptors (Lipinski definition) is 4. The molecule has 0 aliphatic carbocycles. The van der Waals surface area contributed by atoms with Gasteiger partial charge in [0, 0.05) is 0 Å². The first-order valence-electron chi connectivity index (χ1n) is 3.44. The Morgan fingerprint density at radius 3 is 2.50 bits per heavy atom. The Hall–Kier alpha value is -1.57. The zero-order chi connectivity index (χ0) is 11.2. The van der Waals surface area contributed by atoms with Crippen LogP contribution < -0.4 is 0 Å². The highest BCUT2D eigenvalue weighted by atomic mass is 32.2. The van der Waals surface area contributed by atoms with Crippen molar-refractivity contribution in [3.8, 4) is 18.4 Å². The Labute approximate surface area is 81.8 Å². The SMILES string of the molecule is C#CCN(CC(=O)O)S(=O)(=O)CC#N. The van der Waals surface area contributed by atoms with Crippen molar-refractivity contribution in [3.05, 3.63) is 0 Å². The highest BCUT2D eigenvalue weighted by Gasteiger charge is 2.23. The van der Waals surface area contributed by atoms with Crippen LogP contribution in [0.3, 0.4) is 0 Å². The topological polar surface area (TPSA) is 98.5 Å². The summed E-state index contributed by atoms with van der Waals surface area (Å²) in [5, 5.41) is 16.6. The van der Waals surface area contributed by atoms with E-state index in [0.29, 0.717) is 4.31 Å². The molecule has 0 aromatic carbocycles. The van der Waals surface area contributed by atoms with Gasteiger partial charge in [0.05, 0.1) is 12.6 Å². The van der Waals surface area contributed by atoms with Crippen molar-refractivity contribution in [3.63, 3.8) is 0 Å². The molecule has 0 fully saturated rings. The van der Waals surface area contributed by atoms with E-state index in [9.17, 15) is 13.2 Å². The smallest absolute Gasteiger partial charge is 0.318 e. The molecule has 7 heteroatoms. The number of nitriles is 1. The summed E-state index contributed by atoms with van der Waals surface area (Å²) in [5.41, 5.74) is 0. The molecule has 0 unspecified atom stereocenters. The lowest BCUT2D eigenvalue weighted by molar-refractivity contribution is -0.137. The van der Waals surface area contributed by atoms with Gasteiger partial charge in [0.1, 0.15) is 6.54 Å². The van der Waals surface area contributed by atoms with Crippen LogP contribution in [0.2, 0.25) is 0 Å². The van der Waals surface area contributed by atoms with Crippen LogP contribution in [0.1, 0.15) is 0 Å². The van der Waals surface area contributed by atoms with E-state index in [-0.39, 0.29) is 6.54 Å². The van der Waals surface area contributed by atoms with Crippen LogP contribution in [0.25, 0.3) is 0 Å². The van der Waals surface area contributed by atoms with Crippen molar-refractivity contribution in [1.29, 1.82) is 5.26 Å². The number of rotatable bonds is 5. The fourth-order valence-corrected chi connectivity index (χ4v) is 1.60. The van der Waals surface area contributed by atoms with Crippen molar-refractivity contribution in [2.45, 2.75) is 0 Å². The Morgan fingerprint density at radius 2 is 2.14 bits per heavy atom. The predicted molar refractivity (Wildman–Crippen MR) is 47.4 cm³/mol. The number of carboxylic acids is 1. The molecule has 0 bridgehead atoms. The first-order valence-corrected chi connectivity index (χ1v) is 5.05. The van der Waals surface area contributed by atoms with E-state index in [0.717, 1.165) is 0 Å². The lowest BCUT2D eigenvalue weighted by Gasteiger charge is -2.15. The van der Waals surface area contributed by atoms with Gasteiger partial charge in [-0.05, 0) is 0 Å². The van der Waals surface area contributed by atoms with Gasteiger partial charge >= 0.3 is 5.97 Å². The summed E-state index contributed by atoms with van der Waals surface area (Å²) >= 11 is 0. The van der Waals surface area contributed by atoms with Gasteiger partial charge in [-0.15, -0.1) is 6.42 Å². The first kappa shape index (κ1) is 12.4. The number of sulfonamides is 1. The highest BCUT2D eigenvalue weighted by molar-refractivity contribution is 7.89. The maximum Gasteiger partial charge on any atom is 0.318 e. The number of carboxylic acid groups (broad SMARTS) is 1. The summed E-state index contributed by atoms with van der Waals surface area (Å²) in [6.45, 7) is -1.08. The normalized spacial score (nSPS) is 10.5. The average molecular weight is 216 g/mol. The van der Waals surface area contributed by atoms with E-state index in [4.69, 9.17) is 16.8 Å². The molecule has 0 aromatic rings. The van der Waals surface area contributed by atoms with Gasteiger partial charge in [-0.3, -0.25) is 4.79 Å². The van der Waals surface area contributed by atoms with Crippen molar-refractivity contribution >= 4 is 16.0 Å². The van der Waals surface area contributed by atoms with E-state index in [1.807, 2.05) is 5.92 Å². The second-order valence-corrected chi connectivity index (χ2v) is 4.25. The Balaban J connectivity index is 4.76. The molecule has 0 aliphatic rings. The fourth-order valence-electron chi connectivity index (χ4n) is 0.678. The van der Waals surface area contributed by atoms with Crippen LogP contribution in [0.4, 0.5) is 0 Å². The fraction of sp³-hybridized carbons (Fsp3) is 0.429. The molecule has 0 atom stereocenters. The molecule has 0 saturated carbocycles. The molecule has 0 radical (unpaired) electrons. The number of hydrogen-bond donors (Lipinski definition) is 1. The standard InChI is InChI=1S/C7H8N2O4S/c1-2-4-9(6-7(10)11)14(12,13)5-3-8/h1H,4-6H2,(H,10,11). The van der Waals surface area contributed by atoms with Gasteiger partial charge in [0.2, 0.25) is 10.0 Å². The molecule has 14 heavy (non-hydrogen) atoms. The number of carbonyl (C=O) groups is 1. The molecule has 0 rings (SSSR count). The van der Waals surface area contributed by atoms with Gasteiger partial charge in [-0.25, -0.2) is 8.42 Å². The molecule has 0 saturated heterocycles. The van der Waals surface area contributed by atoms with E-state index in [1.165, 1.54) is 6.07 Å². The van der Waals surface area contributed by atoms with Crippen LogP contribution in [-0.2, 0) is 14.8 Å². The summed E-state index contributed by atoms with van der Waals surface area (Å²) in [5.74, 6) is -0.0819. The largest absolute Gasteiger partial charge is 0.480 e. The van der Waals surface area contributed by atoms with Crippen molar-refractivity contribution in [1.82, 2.24) is 4.31 Å². The van der Waals surface area contributed by atoms with E-state index < -0.39 is 28.3 Å².